The first kappa shape index (κ1) is 11.8. The SMILES string of the molecule is Cc1nn(-c2cc(N)c(Br)cc2F)c(=O)n1C. The first-order chi connectivity index (χ1) is 7.91. The van der Waals surface area contributed by atoms with E-state index in [-0.39, 0.29) is 5.69 Å². The van der Waals surface area contributed by atoms with Crippen molar-refractivity contribution in [2.75, 3.05) is 5.73 Å². The zero-order valence-electron chi connectivity index (χ0n) is 9.24. The Morgan fingerprint density at radius 2 is 2.12 bits per heavy atom. The molecule has 0 saturated heterocycles. The molecule has 1 aromatic heterocycles. The Balaban J connectivity index is 2.73. The van der Waals surface area contributed by atoms with Crippen LogP contribution in [0.1, 0.15) is 5.82 Å². The van der Waals surface area contributed by atoms with Crippen LogP contribution in [-0.4, -0.2) is 14.3 Å². The number of nitrogen functional groups attached to an aromatic ring is 1. The zero-order valence-corrected chi connectivity index (χ0v) is 10.8. The molecule has 90 valence electrons. The van der Waals surface area contributed by atoms with Gasteiger partial charge in [-0.3, -0.25) is 4.57 Å². The van der Waals surface area contributed by atoms with Crippen LogP contribution >= 0.6 is 15.9 Å². The molecule has 5 nitrogen and oxygen atoms in total. The Morgan fingerprint density at radius 3 is 2.65 bits per heavy atom. The standard InChI is InChI=1S/C10H10BrFN4O/c1-5-14-16(10(17)15(5)2)9-4-8(13)6(11)3-7(9)12/h3-4H,13H2,1-2H3. The van der Waals surface area contributed by atoms with Gasteiger partial charge in [-0.2, -0.15) is 9.78 Å². The third-order valence-corrected chi connectivity index (χ3v) is 3.18. The molecule has 0 radical (unpaired) electrons. The van der Waals surface area contributed by atoms with Gasteiger partial charge in [-0.25, -0.2) is 9.18 Å². The lowest BCUT2D eigenvalue weighted by molar-refractivity contribution is 0.606. The van der Waals surface area contributed by atoms with Gasteiger partial charge in [0, 0.05) is 17.2 Å². The number of hydrogen-bond donors (Lipinski definition) is 1. The second-order valence-electron chi connectivity index (χ2n) is 3.63. The van der Waals surface area contributed by atoms with Gasteiger partial charge in [0.1, 0.15) is 17.3 Å². The number of nitrogens with two attached hydrogens (primary N) is 1. The number of nitrogens with zero attached hydrogens (tertiary/aromatic N) is 3. The van der Waals surface area contributed by atoms with E-state index in [4.69, 9.17) is 5.73 Å². The van der Waals surface area contributed by atoms with Crippen molar-refractivity contribution in [3.8, 4) is 5.69 Å². The molecular formula is C10H10BrFN4O. The average Bonchev–Trinajstić information content (AvgIpc) is 2.51. The van der Waals surface area contributed by atoms with E-state index in [0.717, 1.165) is 4.68 Å². The molecule has 1 heterocycles. The summed E-state index contributed by atoms with van der Waals surface area (Å²) in [7, 11) is 1.57. The number of hydrogen-bond acceptors (Lipinski definition) is 3. The Bertz CT molecular complexity index is 646. The lowest BCUT2D eigenvalue weighted by atomic mass is 10.3. The van der Waals surface area contributed by atoms with Crippen LogP contribution in [0.2, 0.25) is 0 Å². The lowest BCUT2D eigenvalue weighted by Gasteiger charge is -2.04. The predicted molar refractivity (Wildman–Crippen MR) is 65.6 cm³/mol. The van der Waals surface area contributed by atoms with Crippen molar-refractivity contribution in [1.82, 2.24) is 14.3 Å². The minimum atomic E-state index is -0.564. The Labute approximate surface area is 105 Å². The Hall–Kier alpha value is -1.63. The van der Waals surface area contributed by atoms with E-state index in [1.54, 1.807) is 14.0 Å². The summed E-state index contributed by atoms with van der Waals surface area (Å²) >= 11 is 3.11. The summed E-state index contributed by atoms with van der Waals surface area (Å²) < 4.78 is 16.5. The van der Waals surface area contributed by atoms with Crippen LogP contribution in [0.25, 0.3) is 5.69 Å². The zero-order chi connectivity index (χ0) is 12.7. The van der Waals surface area contributed by atoms with Crippen LogP contribution in [0.3, 0.4) is 0 Å². The molecule has 2 rings (SSSR count). The Kier molecular flexibility index (Phi) is 2.78. The van der Waals surface area contributed by atoms with Crippen LogP contribution in [0.4, 0.5) is 10.1 Å². The molecule has 0 unspecified atom stereocenters. The molecular weight excluding hydrogens is 291 g/mol. The van der Waals surface area contributed by atoms with Crippen LogP contribution in [0.5, 0.6) is 0 Å². The molecule has 0 aliphatic carbocycles. The van der Waals surface area contributed by atoms with Gasteiger partial charge < -0.3 is 5.73 Å². The van der Waals surface area contributed by atoms with E-state index in [2.05, 4.69) is 21.0 Å². The highest BCUT2D eigenvalue weighted by atomic mass is 79.9. The van der Waals surface area contributed by atoms with Crippen molar-refractivity contribution < 1.29 is 4.39 Å². The topological polar surface area (TPSA) is 65.8 Å². The number of anilines is 1. The highest BCUT2D eigenvalue weighted by Gasteiger charge is 2.14. The minimum Gasteiger partial charge on any atom is -0.398 e. The molecule has 1 aromatic carbocycles. The van der Waals surface area contributed by atoms with Crippen LogP contribution in [0, 0.1) is 12.7 Å². The third kappa shape index (κ3) is 1.86. The summed E-state index contributed by atoms with van der Waals surface area (Å²) in [4.78, 5) is 11.8. The molecule has 2 N–H and O–H groups in total. The fourth-order valence-electron chi connectivity index (χ4n) is 1.41. The first-order valence-electron chi connectivity index (χ1n) is 4.79. The number of aryl methyl sites for hydroxylation is 1. The summed E-state index contributed by atoms with van der Waals surface area (Å²) in [6, 6.07) is 2.58. The average molecular weight is 301 g/mol. The third-order valence-electron chi connectivity index (χ3n) is 2.49. The molecule has 0 amide bonds. The second kappa shape index (κ2) is 3.99. The fourth-order valence-corrected chi connectivity index (χ4v) is 1.72. The summed E-state index contributed by atoms with van der Waals surface area (Å²) in [5.41, 5.74) is 5.63. The molecule has 17 heavy (non-hydrogen) atoms. The van der Waals surface area contributed by atoms with Crippen molar-refractivity contribution in [3.05, 3.63) is 38.7 Å². The summed E-state index contributed by atoms with van der Waals surface area (Å²) in [6.45, 7) is 1.66. The van der Waals surface area contributed by atoms with Gasteiger partial charge in [0.15, 0.2) is 0 Å². The summed E-state index contributed by atoms with van der Waals surface area (Å²) in [5.74, 6) is -0.0674. The quantitative estimate of drug-likeness (QED) is 0.809. The van der Waals surface area contributed by atoms with Gasteiger partial charge in [0.05, 0.1) is 0 Å². The molecule has 0 saturated carbocycles. The molecule has 0 fully saturated rings. The molecule has 0 bridgehead atoms. The second-order valence-corrected chi connectivity index (χ2v) is 4.48. The van der Waals surface area contributed by atoms with E-state index in [1.807, 2.05) is 0 Å². The van der Waals surface area contributed by atoms with Gasteiger partial charge in [-0.1, -0.05) is 0 Å². The molecule has 0 spiro atoms. The van der Waals surface area contributed by atoms with Crippen molar-refractivity contribution in [3.63, 3.8) is 0 Å². The molecule has 0 aliphatic heterocycles. The number of rotatable bonds is 1. The highest BCUT2D eigenvalue weighted by molar-refractivity contribution is 9.10. The number of aromatic nitrogens is 3. The van der Waals surface area contributed by atoms with E-state index in [0.29, 0.717) is 16.0 Å². The van der Waals surface area contributed by atoms with Gasteiger partial charge in [-0.15, -0.1) is 0 Å². The van der Waals surface area contributed by atoms with Gasteiger partial charge in [0.25, 0.3) is 0 Å². The van der Waals surface area contributed by atoms with E-state index < -0.39 is 11.5 Å². The fraction of sp³-hybridized carbons (Fsp3) is 0.200. The normalized spacial score (nSPS) is 10.8. The van der Waals surface area contributed by atoms with Crippen molar-refractivity contribution in [2.24, 2.45) is 7.05 Å². The highest BCUT2D eigenvalue weighted by Crippen LogP contribution is 2.24. The first-order valence-corrected chi connectivity index (χ1v) is 5.58. The molecule has 2 aromatic rings. The van der Waals surface area contributed by atoms with Gasteiger partial charge in [-0.05, 0) is 35.0 Å². The van der Waals surface area contributed by atoms with Crippen LogP contribution < -0.4 is 11.4 Å². The minimum absolute atomic E-state index is 0.0411. The van der Waals surface area contributed by atoms with E-state index >= 15 is 0 Å². The molecule has 0 aliphatic rings. The largest absolute Gasteiger partial charge is 0.398 e. The summed E-state index contributed by atoms with van der Waals surface area (Å²) in [6.07, 6.45) is 0. The number of halogens is 2. The molecule has 0 atom stereocenters. The van der Waals surface area contributed by atoms with Crippen molar-refractivity contribution in [2.45, 2.75) is 6.92 Å². The smallest absolute Gasteiger partial charge is 0.350 e. The van der Waals surface area contributed by atoms with Crippen molar-refractivity contribution >= 4 is 21.6 Å². The van der Waals surface area contributed by atoms with Crippen LogP contribution in [-0.2, 0) is 7.05 Å². The monoisotopic (exact) mass is 300 g/mol. The van der Waals surface area contributed by atoms with Crippen LogP contribution in [0.15, 0.2) is 21.4 Å². The van der Waals surface area contributed by atoms with Gasteiger partial charge in [0.2, 0.25) is 0 Å². The maximum absolute atomic E-state index is 13.7. The lowest BCUT2D eigenvalue weighted by Crippen LogP contribution is -2.22. The Morgan fingerprint density at radius 1 is 1.47 bits per heavy atom. The summed E-state index contributed by atoms with van der Waals surface area (Å²) in [5, 5.41) is 3.97. The molecule has 7 heteroatoms. The maximum Gasteiger partial charge on any atom is 0.350 e. The van der Waals surface area contributed by atoms with E-state index in [1.165, 1.54) is 16.7 Å². The predicted octanol–water partition coefficient (Wildman–Crippen LogP) is 1.36. The van der Waals surface area contributed by atoms with Gasteiger partial charge >= 0.3 is 5.69 Å². The van der Waals surface area contributed by atoms with E-state index in [9.17, 15) is 9.18 Å². The maximum atomic E-state index is 13.7. The number of benzene rings is 1. The van der Waals surface area contributed by atoms with Crippen molar-refractivity contribution in [1.29, 1.82) is 0 Å².